The number of para-hydroxylation sites is 1. The van der Waals surface area contributed by atoms with Gasteiger partial charge in [-0.25, -0.2) is 13.8 Å². The highest BCUT2D eigenvalue weighted by Gasteiger charge is 2.26. The second-order valence-electron chi connectivity index (χ2n) is 6.80. The minimum absolute atomic E-state index is 0.0410. The van der Waals surface area contributed by atoms with Crippen LogP contribution in [0.3, 0.4) is 0 Å². The molecule has 0 saturated heterocycles. The molecule has 29 heavy (non-hydrogen) atoms. The van der Waals surface area contributed by atoms with E-state index in [0.29, 0.717) is 18.0 Å². The van der Waals surface area contributed by atoms with E-state index < -0.39 is 11.6 Å². The number of aromatic nitrogens is 1. The van der Waals surface area contributed by atoms with E-state index in [1.54, 1.807) is 5.38 Å². The number of nitrogens with zero attached hydrogens (tertiary/aromatic N) is 1. The van der Waals surface area contributed by atoms with Gasteiger partial charge in [0, 0.05) is 29.0 Å². The summed E-state index contributed by atoms with van der Waals surface area (Å²) in [7, 11) is 0. The van der Waals surface area contributed by atoms with Gasteiger partial charge >= 0.3 is 0 Å². The summed E-state index contributed by atoms with van der Waals surface area (Å²) < 4.78 is 27.2. The van der Waals surface area contributed by atoms with E-state index in [2.05, 4.69) is 15.6 Å². The van der Waals surface area contributed by atoms with Crippen LogP contribution in [-0.4, -0.2) is 16.8 Å². The number of benzene rings is 2. The van der Waals surface area contributed by atoms with Gasteiger partial charge in [-0.15, -0.1) is 11.3 Å². The summed E-state index contributed by atoms with van der Waals surface area (Å²) in [5.74, 6) is -1.79. The van der Waals surface area contributed by atoms with E-state index in [4.69, 9.17) is 0 Å². The molecule has 8 heteroatoms. The van der Waals surface area contributed by atoms with Crippen molar-refractivity contribution < 1.29 is 18.4 Å². The van der Waals surface area contributed by atoms with E-state index in [9.17, 15) is 18.4 Å². The van der Waals surface area contributed by atoms with Gasteiger partial charge in [0.2, 0.25) is 11.8 Å². The number of amides is 2. The monoisotopic (exact) mass is 413 g/mol. The Bertz CT molecular complexity index is 1080. The van der Waals surface area contributed by atoms with Gasteiger partial charge in [-0.3, -0.25) is 9.59 Å². The number of hydrogen-bond acceptors (Lipinski definition) is 4. The summed E-state index contributed by atoms with van der Waals surface area (Å²) in [4.78, 5) is 28.7. The number of carbonyl (C=O) groups is 2. The van der Waals surface area contributed by atoms with Gasteiger partial charge in [0.15, 0.2) is 5.13 Å². The lowest BCUT2D eigenvalue weighted by atomic mass is 9.89. The Morgan fingerprint density at radius 1 is 1.24 bits per heavy atom. The highest BCUT2D eigenvalue weighted by atomic mass is 32.1. The third kappa shape index (κ3) is 4.32. The first-order chi connectivity index (χ1) is 14.0. The third-order valence-electron chi connectivity index (χ3n) is 4.79. The van der Waals surface area contributed by atoms with Gasteiger partial charge in [-0.05, 0) is 42.7 Å². The first-order valence-electron chi connectivity index (χ1n) is 9.09. The number of fused-ring (bicyclic) bond motifs is 1. The highest BCUT2D eigenvalue weighted by molar-refractivity contribution is 7.14. The van der Waals surface area contributed by atoms with Crippen molar-refractivity contribution in [2.75, 3.05) is 10.6 Å². The molecule has 0 aliphatic carbocycles. The first-order valence-corrected chi connectivity index (χ1v) is 9.97. The van der Waals surface area contributed by atoms with Gasteiger partial charge in [-0.1, -0.05) is 18.2 Å². The second kappa shape index (κ2) is 8.08. The fourth-order valence-corrected chi connectivity index (χ4v) is 4.01. The fraction of sp³-hybridized carbons (Fsp3) is 0.190. The van der Waals surface area contributed by atoms with Crippen molar-refractivity contribution >= 4 is 34.0 Å². The topological polar surface area (TPSA) is 71.1 Å². The number of thiazole rings is 1. The first kappa shape index (κ1) is 19.2. The highest BCUT2D eigenvalue weighted by Crippen LogP contribution is 2.29. The molecular weight excluding hydrogens is 396 g/mol. The standard InChI is InChI=1S/C21H17F2N3O2S/c22-14-6-7-16(23)15(10-14)18-11-29-21(25-18)26-19(27)8-5-13-9-12-3-1-2-4-17(12)24-20(13)28/h1-4,6-7,10-11,13H,5,8-9H2,(H,24,28)(H,25,26,27)/t13-/m1/s1. The maximum absolute atomic E-state index is 13.9. The maximum atomic E-state index is 13.9. The largest absolute Gasteiger partial charge is 0.326 e. The van der Waals surface area contributed by atoms with Crippen LogP contribution in [0.25, 0.3) is 11.3 Å². The lowest BCUT2D eigenvalue weighted by Crippen LogP contribution is -2.30. The predicted octanol–water partition coefficient (Wildman–Crippen LogP) is 4.62. The fourth-order valence-electron chi connectivity index (χ4n) is 3.28. The minimum atomic E-state index is -0.585. The summed E-state index contributed by atoms with van der Waals surface area (Å²) in [5.41, 5.74) is 2.17. The Kier molecular flexibility index (Phi) is 5.35. The van der Waals surface area contributed by atoms with Crippen LogP contribution >= 0.6 is 11.3 Å². The van der Waals surface area contributed by atoms with Crippen LogP contribution in [0.2, 0.25) is 0 Å². The number of rotatable bonds is 5. The normalized spacial score (nSPS) is 15.5. The molecule has 5 nitrogen and oxygen atoms in total. The minimum Gasteiger partial charge on any atom is -0.326 e. The van der Waals surface area contributed by atoms with Crippen molar-refractivity contribution in [3.05, 3.63) is 65.0 Å². The zero-order valence-corrected chi connectivity index (χ0v) is 16.1. The number of nitrogens with one attached hydrogen (secondary N) is 2. The van der Waals surface area contributed by atoms with E-state index in [1.807, 2.05) is 24.3 Å². The zero-order chi connectivity index (χ0) is 20.4. The smallest absolute Gasteiger partial charge is 0.227 e. The lowest BCUT2D eigenvalue weighted by molar-refractivity contribution is -0.121. The summed E-state index contributed by atoms with van der Waals surface area (Å²) in [5, 5.41) is 7.38. The maximum Gasteiger partial charge on any atom is 0.227 e. The van der Waals surface area contributed by atoms with Crippen molar-refractivity contribution in [1.29, 1.82) is 0 Å². The third-order valence-corrected chi connectivity index (χ3v) is 5.54. The van der Waals surface area contributed by atoms with Crippen molar-refractivity contribution in [2.24, 2.45) is 5.92 Å². The SMILES string of the molecule is O=C(CC[C@@H]1Cc2ccccc2NC1=O)Nc1nc(-c2cc(F)ccc2F)cs1. The Hall–Kier alpha value is -3.13. The molecule has 3 aromatic rings. The van der Waals surface area contributed by atoms with E-state index in [-0.39, 0.29) is 35.4 Å². The molecule has 1 aliphatic heterocycles. The molecule has 148 valence electrons. The summed E-state index contributed by atoms with van der Waals surface area (Å²) in [6.07, 6.45) is 1.15. The second-order valence-corrected chi connectivity index (χ2v) is 7.65. The molecule has 0 fully saturated rings. The van der Waals surface area contributed by atoms with Gasteiger partial charge < -0.3 is 10.6 Å². The molecule has 0 unspecified atom stereocenters. The molecule has 0 spiro atoms. The molecule has 2 N–H and O–H groups in total. The molecule has 4 rings (SSSR count). The van der Waals surface area contributed by atoms with Crippen molar-refractivity contribution in [3.63, 3.8) is 0 Å². The van der Waals surface area contributed by atoms with Crippen LogP contribution in [0, 0.1) is 17.6 Å². The van der Waals surface area contributed by atoms with Crippen molar-refractivity contribution in [1.82, 2.24) is 4.98 Å². The number of halogens is 2. The lowest BCUT2D eigenvalue weighted by Gasteiger charge is -2.24. The molecule has 1 aliphatic rings. The average molecular weight is 413 g/mol. The predicted molar refractivity (Wildman–Crippen MR) is 108 cm³/mol. The van der Waals surface area contributed by atoms with Crippen LogP contribution in [-0.2, 0) is 16.0 Å². The zero-order valence-electron chi connectivity index (χ0n) is 15.2. The van der Waals surface area contributed by atoms with Crippen molar-refractivity contribution in [3.8, 4) is 11.3 Å². The van der Waals surface area contributed by atoms with Gasteiger partial charge in [0.1, 0.15) is 11.6 Å². The van der Waals surface area contributed by atoms with Gasteiger partial charge in [0.25, 0.3) is 0 Å². The van der Waals surface area contributed by atoms with E-state index in [0.717, 1.165) is 40.8 Å². The molecule has 0 bridgehead atoms. The molecule has 2 amide bonds. The van der Waals surface area contributed by atoms with Crippen LogP contribution in [0.15, 0.2) is 47.8 Å². The van der Waals surface area contributed by atoms with Crippen LogP contribution in [0.5, 0.6) is 0 Å². The molecule has 1 aromatic heterocycles. The Balaban J connectivity index is 1.36. The van der Waals surface area contributed by atoms with Crippen LogP contribution in [0.4, 0.5) is 19.6 Å². The summed E-state index contributed by atoms with van der Waals surface area (Å²) in [6, 6.07) is 10.7. The average Bonchev–Trinajstić information content (AvgIpc) is 3.16. The van der Waals surface area contributed by atoms with E-state index in [1.165, 1.54) is 0 Å². The number of carbonyl (C=O) groups excluding carboxylic acids is 2. The van der Waals surface area contributed by atoms with Crippen molar-refractivity contribution in [2.45, 2.75) is 19.3 Å². The Morgan fingerprint density at radius 3 is 2.93 bits per heavy atom. The molecular formula is C21H17F2N3O2S. The number of anilines is 2. The Morgan fingerprint density at radius 2 is 2.07 bits per heavy atom. The summed E-state index contributed by atoms with van der Waals surface area (Å²) >= 11 is 1.13. The van der Waals surface area contributed by atoms with Crippen LogP contribution in [0.1, 0.15) is 18.4 Å². The molecule has 0 radical (unpaired) electrons. The number of hydrogen-bond donors (Lipinski definition) is 2. The molecule has 2 heterocycles. The quantitative estimate of drug-likeness (QED) is 0.641. The summed E-state index contributed by atoms with van der Waals surface area (Å²) in [6.45, 7) is 0. The Labute approximate surface area is 169 Å². The van der Waals surface area contributed by atoms with Crippen LogP contribution < -0.4 is 10.6 Å². The van der Waals surface area contributed by atoms with Gasteiger partial charge in [0.05, 0.1) is 5.69 Å². The molecule has 1 atom stereocenters. The molecule has 2 aromatic carbocycles. The van der Waals surface area contributed by atoms with Gasteiger partial charge in [-0.2, -0.15) is 0 Å². The molecule has 0 saturated carbocycles. The van der Waals surface area contributed by atoms with E-state index >= 15 is 0 Å².